The molecule has 2 fully saturated rings. The van der Waals surface area contributed by atoms with Gasteiger partial charge in [0.2, 0.25) is 5.91 Å². The van der Waals surface area contributed by atoms with E-state index in [4.69, 9.17) is 0 Å². The predicted molar refractivity (Wildman–Crippen MR) is 89.0 cm³/mol. The van der Waals surface area contributed by atoms with E-state index in [0.29, 0.717) is 23.9 Å². The van der Waals surface area contributed by atoms with Gasteiger partial charge < -0.3 is 10.2 Å². The molecule has 2 atom stereocenters. The third-order valence-corrected chi connectivity index (χ3v) is 6.45. The van der Waals surface area contributed by atoms with Crippen LogP contribution < -0.4 is 5.32 Å². The van der Waals surface area contributed by atoms with Crippen LogP contribution >= 0.6 is 0 Å². The van der Waals surface area contributed by atoms with Gasteiger partial charge >= 0.3 is 0 Å². The van der Waals surface area contributed by atoms with Crippen LogP contribution in [0.5, 0.6) is 0 Å². The van der Waals surface area contributed by atoms with E-state index in [1.54, 1.807) is 12.1 Å². The van der Waals surface area contributed by atoms with Crippen molar-refractivity contribution in [2.24, 2.45) is 0 Å². The summed E-state index contributed by atoms with van der Waals surface area (Å²) in [6.45, 7) is 4.51. The Bertz CT molecular complexity index is 680. The van der Waals surface area contributed by atoms with Crippen LogP contribution in [0.3, 0.4) is 0 Å². The average molecular weight is 336 g/mol. The van der Waals surface area contributed by atoms with Gasteiger partial charge in [0.05, 0.1) is 10.6 Å². The monoisotopic (exact) mass is 336 g/mol. The highest BCUT2D eigenvalue weighted by Gasteiger charge is 2.39. The van der Waals surface area contributed by atoms with Crippen molar-refractivity contribution in [3.63, 3.8) is 0 Å². The van der Waals surface area contributed by atoms with Crippen molar-refractivity contribution in [1.82, 2.24) is 10.2 Å². The second-order valence-corrected chi connectivity index (χ2v) is 8.87. The zero-order chi connectivity index (χ0) is 16.6. The zero-order valence-electron chi connectivity index (χ0n) is 13.7. The molecule has 6 heteroatoms. The summed E-state index contributed by atoms with van der Waals surface area (Å²) in [7, 11) is -3.31. The molecule has 0 radical (unpaired) electrons. The van der Waals surface area contributed by atoms with E-state index in [2.05, 4.69) is 5.32 Å². The molecule has 1 saturated carbocycles. The average Bonchev–Trinajstić information content (AvgIpc) is 3.23. The Balaban J connectivity index is 1.57. The second-order valence-electron chi connectivity index (χ2n) is 6.84. The van der Waals surface area contributed by atoms with Crippen LogP contribution in [0, 0.1) is 6.92 Å². The minimum Gasteiger partial charge on any atom is -0.338 e. The highest BCUT2D eigenvalue weighted by atomic mass is 32.2. The number of aryl methyl sites for hydroxylation is 1. The molecule has 1 N–H and O–H groups in total. The maximum Gasteiger partial charge on any atom is 0.224 e. The Morgan fingerprint density at radius 3 is 2.52 bits per heavy atom. The summed E-state index contributed by atoms with van der Waals surface area (Å²) >= 11 is 0. The molecule has 1 aliphatic heterocycles. The van der Waals surface area contributed by atoms with Gasteiger partial charge in [-0.15, -0.1) is 0 Å². The number of carbonyl (C=O) groups excluding carboxylic acids is 1. The number of benzene rings is 1. The number of carbonyl (C=O) groups is 1. The van der Waals surface area contributed by atoms with Crippen molar-refractivity contribution < 1.29 is 13.2 Å². The number of likely N-dealkylation sites (tertiary alicyclic amines) is 1. The van der Waals surface area contributed by atoms with E-state index >= 15 is 0 Å². The molecule has 0 aromatic heterocycles. The van der Waals surface area contributed by atoms with E-state index in [1.807, 2.05) is 30.9 Å². The van der Waals surface area contributed by atoms with Crippen LogP contribution in [0.2, 0.25) is 0 Å². The van der Waals surface area contributed by atoms with Gasteiger partial charge in [-0.05, 0) is 38.8 Å². The largest absolute Gasteiger partial charge is 0.338 e. The van der Waals surface area contributed by atoms with E-state index in [0.717, 1.165) is 18.4 Å². The van der Waals surface area contributed by atoms with Gasteiger partial charge in [-0.2, -0.15) is 0 Å². The van der Waals surface area contributed by atoms with Crippen LogP contribution in [0.4, 0.5) is 0 Å². The highest BCUT2D eigenvalue weighted by molar-refractivity contribution is 7.91. The summed E-state index contributed by atoms with van der Waals surface area (Å²) in [5.74, 6) is 0.239. The highest BCUT2D eigenvalue weighted by Crippen LogP contribution is 2.30. The smallest absolute Gasteiger partial charge is 0.224 e. The molecule has 5 nitrogen and oxygen atoms in total. The van der Waals surface area contributed by atoms with Crippen LogP contribution in [0.15, 0.2) is 29.2 Å². The number of nitrogens with one attached hydrogen (secondary N) is 1. The number of hydrogen-bond donors (Lipinski definition) is 1. The first-order chi connectivity index (χ1) is 10.8. The molecule has 126 valence electrons. The molecule has 0 spiro atoms. The fraction of sp³-hybridized carbons (Fsp3) is 0.588. The van der Waals surface area contributed by atoms with E-state index < -0.39 is 9.84 Å². The summed E-state index contributed by atoms with van der Waals surface area (Å²) in [5, 5.41) is 3.32. The molecule has 1 aliphatic carbocycles. The van der Waals surface area contributed by atoms with Crippen LogP contribution in [0.25, 0.3) is 0 Å². The van der Waals surface area contributed by atoms with Crippen molar-refractivity contribution in [1.29, 1.82) is 0 Å². The minimum atomic E-state index is -3.31. The summed E-state index contributed by atoms with van der Waals surface area (Å²) in [4.78, 5) is 14.3. The van der Waals surface area contributed by atoms with Gasteiger partial charge in [0.25, 0.3) is 0 Å². The molecule has 2 aliphatic rings. The molecule has 1 aromatic carbocycles. The van der Waals surface area contributed by atoms with Gasteiger partial charge in [0.1, 0.15) is 0 Å². The van der Waals surface area contributed by atoms with Crippen molar-refractivity contribution in [3.05, 3.63) is 29.8 Å². The maximum absolute atomic E-state index is 12.5. The topological polar surface area (TPSA) is 66.5 Å². The summed E-state index contributed by atoms with van der Waals surface area (Å²) < 4.78 is 24.9. The van der Waals surface area contributed by atoms with Gasteiger partial charge in [0.15, 0.2) is 9.84 Å². The molecular weight excluding hydrogens is 312 g/mol. The van der Waals surface area contributed by atoms with Gasteiger partial charge in [-0.1, -0.05) is 17.7 Å². The van der Waals surface area contributed by atoms with Gasteiger partial charge in [-0.25, -0.2) is 8.42 Å². The van der Waals surface area contributed by atoms with Crippen molar-refractivity contribution in [2.75, 3.05) is 12.3 Å². The number of sulfone groups is 1. The second kappa shape index (κ2) is 6.24. The molecular formula is C17H24N2O3S. The number of hydrogen-bond acceptors (Lipinski definition) is 4. The third-order valence-electron chi connectivity index (χ3n) is 4.52. The first kappa shape index (κ1) is 16.5. The van der Waals surface area contributed by atoms with Crippen molar-refractivity contribution >= 4 is 15.7 Å². The Hall–Kier alpha value is -1.40. The van der Waals surface area contributed by atoms with Gasteiger partial charge in [0, 0.05) is 31.1 Å². The summed E-state index contributed by atoms with van der Waals surface area (Å²) in [6.07, 6.45) is 2.69. The summed E-state index contributed by atoms with van der Waals surface area (Å²) in [6, 6.07) is 7.25. The maximum atomic E-state index is 12.5. The molecule has 1 aromatic rings. The lowest BCUT2D eigenvalue weighted by Crippen LogP contribution is -2.42. The quantitative estimate of drug-likeness (QED) is 0.855. The molecule has 1 amide bonds. The Kier molecular flexibility index (Phi) is 4.47. The molecule has 0 bridgehead atoms. The lowest BCUT2D eigenvalue weighted by Gasteiger charge is -2.20. The zero-order valence-corrected chi connectivity index (χ0v) is 14.5. The fourth-order valence-corrected chi connectivity index (χ4v) is 4.70. The number of nitrogens with zero attached hydrogens (tertiary/aromatic N) is 1. The van der Waals surface area contributed by atoms with E-state index in [1.165, 1.54) is 0 Å². The molecule has 23 heavy (non-hydrogen) atoms. The third kappa shape index (κ3) is 3.93. The normalized spacial score (nSPS) is 23.3. The summed E-state index contributed by atoms with van der Waals surface area (Å²) in [5.41, 5.74) is 1.04. The number of rotatable bonds is 6. The van der Waals surface area contributed by atoms with Crippen LogP contribution in [-0.2, 0) is 14.6 Å². The van der Waals surface area contributed by atoms with Gasteiger partial charge in [-0.3, -0.25) is 4.79 Å². The molecule has 1 saturated heterocycles. The Morgan fingerprint density at radius 2 is 1.91 bits per heavy atom. The lowest BCUT2D eigenvalue weighted by atomic mass is 10.2. The standard InChI is InChI=1S/C17H24N2O3S/c1-12-3-7-16(8-4-12)23(21,22)11-13(2)18-14-9-17(20)19(10-14)15-5-6-15/h3-4,7-8,13-15,18H,5-6,9-11H2,1-2H3/t13-,14-/m1/s1. The Labute approximate surface area is 138 Å². The Morgan fingerprint density at radius 1 is 1.26 bits per heavy atom. The van der Waals surface area contributed by atoms with E-state index in [9.17, 15) is 13.2 Å². The van der Waals surface area contributed by atoms with Crippen molar-refractivity contribution in [3.8, 4) is 0 Å². The molecule has 1 heterocycles. The molecule has 3 rings (SSSR count). The van der Waals surface area contributed by atoms with Crippen molar-refractivity contribution in [2.45, 2.75) is 56.1 Å². The first-order valence-electron chi connectivity index (χ1n) is 8.20. The number of amides is 1. The van der Waals surface area contributed by atoms with E-state index in [-0.39, 0.29) is 23.7 Å². The van der Waals surface area contributed by atoms with Crippen LogP contribution in [-0.4, -0.2) is 49.6 Å². The first-order valence-corrected chi connectivity index (χ1v) is 9.85. The fourth-order valence-electron chi connectivity index (χ4n) is 3.20. The SMILES string of the molecule is Cc1ccc(S(=O)(=O)C[C@@H](C)N[C@@H]2CC(=O)N(C3CC3)C2)cc1. The minimum absolute atomic E-state index is 0.0458. The predicted octanol–water partition coefficient (Wildman–Crippen LogP) is 1.51. The lowest BCUT2D eigenvalue weighted by molar-refractivity contribution is -0.128. The van der Waals surface area contributed by atoms with Crippen LogP contribution in [0.1, 0.15) is 31.7 Å². The molecule has 0 unspecified atom stereocenters.